The van der Waals surface area contributed by atoms with Gasteiger partial charge in [-0.2, -0.15) is 8.78 Å². The highest BCUT2D eigenvalue weighted by Gasteiger charge is 2.57. The predicted molar refractivity (Wildman–Crippen MR) is 95.9 cm³/mol. The molecule has 1 aromatic heterocycles. The number of amides is 2. The van der Waals surface area contributed by atoms with E-state index in [0.29, 0.717) is 11.4 Å². The maximum absolute atomic E-state index is 14.4. The van der Waals surface area contributed by atoms with Gasteiger partial charge in [0.25, 0.3) is 5.91 Å². The van der Waals surface area contributed by atoms with Crippen LogP contribution < -0.4 is 4.90 Å². The number of carbonyl (C=O) groups excluding carboxylic acids is 2. The molecule has 4 rings (SSSR count). The van der Waals surface area contributed by atoms with Crippen molar-refractivity contribution in [1.29, 1.82) is 0 Å². The van der Waals surface area contributed by atoms with Crippen LogP contribution in [0.4, 0.5) is 14.5 Å². The first-order valence-corrected chi connectivity index (χ1v) is 9.02. The number of hydrogen-bond acceptors (Lipinski definition) is 4. The molecule has 0 radical (unpaired) electrons. The third-order valence-corrected chi connectivity index (χ3v) is 5.24. The van der Waals surface area contributed by atoms with Gasteiger partial charge >= 0.3 is 12.0 Å². The lowest BCUT2D eigenvalue weighted by atomic mass is 9.88. The fourth-order valence-corrected chi connectivity index (χ4v) is 3.74. The van der Waals surface area contributed by atoms with Crippen LogP contribution in [0, 0.1) is 0 Å². The molecule has 148 valence electrons. The Labute approximate surface area is 160 Å². The lowest BCUT2D eigenvalue weighted by Crippen LogP contribution is -2.65. The molecule has 2 aliphatic rings. The Balaban J connectivity index is 1.52. The van der Waals surface area contributed by atoms with Crippen molar-refractivity contribution in [3.05, 3.63) is 48.5 Å². The average Bonchev–Trinajstić information content (AvgIpc) is 3.12. The van der Waals surface area contributed by atoms with E-state index in [2.05, 4.69) is 4.98 Å². The topological polar surface area (TPSA) is 67.7 Å². The predicted octanol–water partition coefficient (Wildman–Crippen LogP) is 2.05. The molecule has 2 fully saturated rings. The van der Waals surface area contributed by atoms with E-state index >= 15 is 0 Å². The van der Waals surface area contributed by atoms with Crippen LogP contribution in [0.5, 0.6) is 0 Å². The molecule has 0 bridgehead atoms. The van der Waals surface area contributed by atoms with Crippen LogP contribution in [0.3, 0.4) is 0 Å². The van der Waals surface area contributed by atoms with Crippen LogP contribution in [0.2, 0.25) is 0 Å². The number of carbonyl (C=O) groups is 2. The number of imidazole rings is 1. The number of aromatic nitrogens is 2. The zero-order chi connectivity index (χ0) is 19.9. The van der Waals surface area contributed by atoms with Crippen LogP contribution in [0.1, 0.15) is 23.3 Å². The van der Waals surface area contributed by atoms with Crippen LogP contribution in [-0.4, -0.2) is 57.6 Å². The number of rotatable bonds is 2. The molecular formula is C19H20F2N4O3. The van der Waals surface area contributed by atoms with Crippen molar-refractivity contribution >= 4 is 17.5 Å². The smallest absolute Gasteiger partial charge is 0.340 e. The van der Waals surface area contributed by atoms with E-state index in [9.17, 15) is 18.4 Å². The molecule has 9 heteroatoms. The van der Waals surface area contributed by atoms with Crippen LogP contribution in [0.15, 0.2) is 42.9 Å². The second-order valence-corrected chi connectivity index (χ2v) is 7.25. The summed E-state index contributed by atoms with van der Waals surface area (Å²) >= 11 is 0. The molecule has 7 nitrogen and oxygen atoms in total. The number of piperidine rings is 1. The molecule has 0 saturated carbocycles. The molecule has 2 aliphatic heterocycles. The summed E-state index contributed by atoms with van der Waals surface area (Å²) in [5.74, 6) is -1.61. The summed E-state index contributed by atoms with van der Waals surface area (Å²) in [5, 5.41) is 0. The van der Waals surface area contributed by atoms with Gasteiger partial charge in [0.2, 0.25) is 0 Å². The first-order chi connectivity index (χ1) is 13.3. The molecular weight excluding hydrogens is 370 g/mol. The highest BCUT2D eigenvalue weighted by Crippen LogP contribution is 2.40. The van der Waals surface area contributed by atoms with Gasteiger partial charge in [-0.3, -0.25) is 9.59 Å². The summed E-state index contributed by atoms with van der Waals surface area (Å²) in [6.07, 6.45) is -0.336. The summed E-state index contributed by atoms with van der Waals surface area (Å²) in [4.78, 5) is 31.5. The third kappa shape index (κ3) is 3.26. The SMILES string of the molecule is Cn1cnc(C(=O)N2CCC3(CC2)CN(c2ccccc2)C(=O)C(F)(F)O3)c1. The van der Waals surface area contributed by atoms with E-state index in [1.54, 1.807) is 53.0 Å². The lowest BCUT2D eigenvalue weighted by molar-refractivity contribution is -0.292. The Morgan fingerprint density at radius 3 is 2.46 bits per heavy atom. The zero-order valence-electron chi connectivity index (χ0n) is 15.3. The first kappa shape index (κ1) is 18.5. The molecule has 28 heavy (non-hydrogen) atoms. The van der Waals surface area contributed by atoms with Gasteiger partial charge in [-0.1, -0.05) is 18.2 Å². The van der Waals surface area contributed by atoms with Crippen molar-refractivity contribution in [3.8, 4) is 0 Å². The number of hydrogen-bond donors (Lipinski definition) is 0. The Hall–Kier alpha value is -2.81. The number of aryl methyl sites for hydroxylation is 1. The van der Waals surface area contributed by atoms with Crippen molar-refractivity contribution < 1.29 is 23.1 Å². The summed E-state index contributed by atoms with van der Waals surface area (Å²) in [7, 11) is 1.77. The van der Waals surface area contributed by atoms with Crippen LogP contribution in [0.25, 0.3) is 0 Å². The van der Waals surface area contributed by atoms with Gasteiger partial charge in [0.1, 0.15) is 5.69 Å². The summed E-state index contributed by atoms with van der Waals surface area (Å²) < 4.78 is 35.5. The summed E-state index contributed by atoms with van der Waals surface area (Å²) in [6, 6.07) is 8.37. The number of nitrogens with zero attached hydrogens (tertiary/aromatic N) is 4. The monoisotopic (exact) mass is 390 g/mol. The molecule has 2 saturated heterocycles. The molecule has 0 atom stereocenters. The lowest BCUT2D eigenvalue weighted by Gasteiger charge is -2.48. The fraction of sp³-hybridized carbons (Fsp3) is 0.421. The number of ether oxygens (including phenoxy) is 1. The van der Waals surface area contributed by atoms with Crippen molar-refractivity contribution in [3.63, 3.8) is 0 Å². The molecule has 2 aromatic rings. The molecule has 3 heterocycles. The molecule has 1 aromatic carbocycles. The maximum Gasteiger partial charge on any atom is 0.437 e. The number of morpholine rings is 1. The van der Waals surface area contributed by atoms with Gasteiger partial charge in [-0.15, -0.1) is 0 Å². The van der Waals surface area contributed by atoms with E-state index < -0.39 is 17.6 Å². The molecule has 0 unspecified atom stereocenters. The second kappa shape index (κ2) is 6.66. The fourth-order valence-electron chi connectivity index (χ4n) is 3.74. The molecule has 0 aliphatic carbocycles. The second-order valence-electron chi connectivity index (χ2n) is 7.25. The largest absolute Gasteiger partial charge is 0.437 e. The van der Waals surface area contributed by atoms with Crippen LogP contribution in [-0.2, 0) is 16.6 Å². The van der Waals surface area contributed by atoms with Gasteiger partial charge in [0, 0.05) is 32.0 Å². The van der Waals surface area contributed by atoms with Crippen molar-refractivity contribution in [2.24, 2.45) is 7.05 Å². The van der Waals surface area contributed by atoms with Crippen molar-refractivity contribution in [2.75, 3.05) is 24.5 Å². The normalized spacial score (nSPS) is 21.2. The van der Waals surface area contributed by atoms with Crippen molar-refractivity contribution in [2.45, 2.75) is 24.6 Å². The van der Waals surface area contributed by atoms with E-state index in [-0.39, 0.29) is 38.4 Å². The van der Waals surface area contributed by atoms with E-state index in [0.717, 1.165) is 4.90 Å². The number of halogens is 2. The standard InChI is InChI=1S/C19H20F2N4O3/c1-23-11-15(22-13-23)16(26)24-9-7-18(8-10-24)12-25(14-5-3-2-4-6-14)17(27)19(20,21)28-18/h2-6,11,13H,7-10,12H2,1H3. The van der Waals surface area contributed by atoms with Gasteiger partial charge < -0.3 is 19.1 Å². The van der Waals surface area contributed by atoms with Crippen molar-refractivity contribution in [1.82, 2.24) is 14.5 Å². The molecule has 0 N–H and O–H groups in total. The Morgan fingerprint density at radius 2 is 1.86 bits per heavy atom. The van der Waals surface area contributed by atoms with E-state index in [4.69, 9.17) is 4.74 Å². The zero-order valence-corrected chi connectivity index (χ0v) is 15.3. The maximum atomic E-state index is 14.4. The quantitative estimate of drug-likeness (QED) is 0.787. The van der Waals surface area contributed by atoms with Gasteiger partial charge in [0.15, 0.2) is 0 Å². The van der Waals surface area contributed by atoms with Gasteiger partial charge in [-0.25, -0.2) is 4.98 Å². The number of benzene rings is 1. The molecule has 1 spiro atoms. The summed E-state index contributed by atoms with van der Waals surface area (Å²) in [5.41, 5.74) is -0.481. The Bertz CT molecular complexity index is 892. The first-order valence-electron chi connectivity index (χ1n) is 9.02. The number of alkyl halides is 2. The Kier molecular flexibility index (Phi) is 4.41. The minimum absolute atomic E-state index is 0.0249. The van der Waals surface area contributed by atoms with Gasteiger partial charge in [0.05, 0.1) is 18.5 Å². The summed E-state index contributed by atoms with van der Waals surface area (Å²) in [6.45, 7) is 0.529. The third-order valence-electron chi connectivity index (χ3n) is 5.24. The van der Waals surface area contributed by atoms with E-state index in [1.807, 2.05) is 0 Å². The van der Waals surface area contributed by atoms with Gasteiger partial charge in [-0.05, 0) is 25.0 Å². The highest BCUT2D eigenvalue weighted by molar-refractivity contribution is 5.98. The minimum Gasteiger partial charge on any atom is -0.340 e. The highest BCUT2D eigenvalue weighted by atomic mass is 19.3. The average molecular weight is 390 g/mol. The minimum atomic E-state index is -3.90. The van der Waals surface area contributed by atoms with Crippen LogP contribution >= 0.6 is 0 Å². The number of para-hydroxylation sites is 1. The Morgan fingerprint density at radius 1 is 1.18 bits per heavy atom. The molecule has 2 amide bonds. The van der Waals surface area contributed by atoms with E-state index in [1.165, 1.54) is 6.33 Å². The number of likely N-dealkylation sites (tertiary alicyclic amines) is 1. The number of anilines is 1.